The van der Waals surface area contributed by atoms with Crippen molar-refractivity contribution in [1.29, 1.82) is 0 Å². The molecule has 1 rings (SSSR count). The van der Waals surface area contributed by atoms with Gasteiger partial charge in [-0.25, -0.2) is 4.42 Å². The van der Waals surface area contributed by atoms with E-state index in [9.17, 15) is 0 Å². The van der Waals surface area contributed by atoms with Gasteiger partial charge in [0.25, 0.3) is 0 Å². The van der Waals surface area contributed by atoms with Crippen molar-refractivity contribution in [2.45, 2.75) is 6.04 Å². The number of rotatable bonds is 0. The van der Waals surface area contributed by atoms with Crippen molar-refractivity contribution in [3.05, 3.63) is 0 Å². The van der Waals surface area contributed by atoms with Gasteiger partial charge in [-0.15, -0.1) is 0 Å². The van der Waals surface area contributed by atoms with Crippen LogP contribution in [0.5, 0.6) is 0 Å². The minimum atomic E-state index is 0.336. The zero-order chi connectivity index (χ0) is 4.57. The molecule has 3 heteroatoms. The van der Waals surface area contributed by atoms with E-state index < -0.39 is 0 Å². The van der Waals surface area contributed by atoms with E-state index in [2.05, 4.69) is 0 Å². The number of nitrogens with zero attached hydrogens (tertiary/aromatic N) is 1. The summed E-state index contributed by atoms with van der Waals surface area (Å²) >= 11 is 5.40. The summed E-state index contributed by atoms with van der Waals surface area (Å²) in [6, 6.07) is 0.336. The molecule has 0 aromatic rings. The molecule has 2 nitrogen and oxygen atoms in total. The second-order valence-corrected chi connectivity index (χ2v) is 2.07. The molecule has 0 bridgehead atoms. The minimum absolute atomic E-state index is 0.336. The fourth-order valence-corrected chi connectivity index (χ4v) is 0.810. The van der Waals surface area contributed by atoms with Gasteiger partial charge in [0.05, 0.1) is 0 Å². The number of halogens is 1. The molecule has 1 saturated heterocycles. The number of nitrogens with two attached hydrogens (primary N) is 1. The molecule has 0 aliphatic carbocycles. The summed E-state index contributed by atoms with van der Waals surface area (Å²) in [5.74, 6) is 0. The van der Waals surface area contributed by atoms with Crippen LogP contribution in [-0.2, 0) is 0 Å². The molecule has 0 radical (unpaired) electrons. The van der Waals surface area contributed by atoms with Crippen molar-refractivity contribution in [2.24, 2.45) is 5.73 Å². The Morgan fingerprint density at radius 3 is 2.17 bits per heavy atom. The first-order valence-corrected chi connectivity index (χ1v) is 2.29. The van der Waals surface area contributed by atoms with Crippen molar-refractivity contribution in [3.63, 3.8) is 0 Å². The average Bonchev–Trinajstić information content (AvgIpc) is 1.33. The molecule has 0 spiro atoms. The topological polar surface area (TPSA) is 29.3 Å². The highest BCUT2D eigenvalue weighted by Crippen LogP contribution is 2.06. The highest BCUT2D eigenvalue weighted by molar-refractivity contribution is 6.13. The summed E-state index contributed by atoms with van der Waals surface area (Å²) in [6.07, 6.45) is 0. The zero-order valence-electron chi connectivity index (χ0n) is 3.39. The lowest BCUT2D eigenvalue weighted by atomic mass is 10.2. The molecule has 6 heavy (non-hydrogen) atoms. The van der Waals surface area contributed by atoms with Crippen molar-refractivity contribution < 1.29 is 0 Å². The molecule has 1 aliphatic rings. The van der Waals surface area contributed by atoms with Crippen LogP contribution >= 0.6 is 11.8 Å². The van der Waals surface area contributed by atoms with Crippen LogP contribution in [0.2, 0.25) is 0 Å². The first-order chi connectivity index (χ1) is 2.79. The van der Waals surface area contributed by atoms with Gasteiger partial charge in [0.1, 0.15) is 0 Å². The third-order valence-electron chi connectivity index (χ3n) is 0.865. The Morgan fingerprint density at radius 2 is 2.17 bits per heavy atom. The van der Waals surface area contributed by atoms with Gasteiger partial charge >= 0.3 is 0 Å². The lowest BCUT2D eigenvalue weighted by Gasteiger charge is -2.29. The Labute approximate surface area is 42.0 Å². The molecule has 0 aromatic carbocycles. The van der Waals surface area contributed by atoms with Gasteiger partial charge in [-0.1, -0.05) is 0 Å². The monoisotopic (exact) mass is 106 g/mol. The Bertz CT molecular complexity index is 44.8. The van der Waals surface area contributed by atoms with E-state index in [1.165, 1.54) is 0 Å². The van der Waals surface area contributed by atoms with Gasteiger partial charge < -0.3 is 5.73 Å². The molecule has 0 unspecified atom stereocenters. The van der Waals surface area contributed by atoms with Crippen LogP contribution < -0.4 is 5.73 Å². The third-order valence-corrected chi connectivity index (χ3v) is 1.14. The largest absolute Gasteiger partial charge is 0.325 e. The van der Waals surface area contributed by atoms with Crippen LogP contribution in [-0.4, -0.2) is 23.6 Å². The summed E-state index contributed by atoms with van der Waals surface area (Å²) in [5, 5.41) is 0. The predicted molar refractivity (Wildman–Crippen MR) is 25.4 cm³/mol. The number of hydrogen-bond donors (Lipinski definition) is 1. The van der Waals surface area contributed by atoms with E-state index in [1.807, 2.05) is 0 Å². The minimum Gasteiger partial charge on any atom is -0.325 e. The molecule has 0 saturated carbocycles. The van der Waals surface area contributed by atoms with E-state index in [-0.39, 0.29) is 0 Å². The maximum atomic E-state index is 5.40. The number of hydrogen-bond acceptors (Lipinski definition) is 2. The quantitative estimate of drug-likeness (QED) is 0.433. The lowest BCUT2D eigenvalue weighted by Crippen LogP contribution is -2.50. The first-order valence-electron chi connectivity index (χ1n) is 1.95. The van der Waals surface area contributed by atoms with E-state index in [1.54, 1.807) is 4.42 Å². The maximum absolute atomic E-state index is 5.40. The Kier molecular flexibility index (Phi) is 0.998. The molecule has 0 amide bonds. The van der Waals surface area contributed by atoms with Crippen molar-refractivity contribution >= 4 is 11.8 Å². The molecular formula is C3H7ClN2. The van der Waals surface area contributed by atoms with Gasteiger partial charge in [0.2, 0.25) is 0 Å². The predicted octanol–water partition coefficient (Wildman–Crippen LogP) is -0.217. The second kappa shape index (κ2) is 1.37. The van der Waals surface area contributed by atoms with Gasteiger partial charge in [0, 0.05) is 19.1 Å². The maximum Gasteiger partial charge on any atom is 0.0323 e. The van der Waals surface area contributed by atoms with Crippen LogP contribution in [0.15, 0.2) is 0 Å². The molecule has 36 valence electrons. The smallest absolute Gasteiger partial charge is 0.0323 e. The summed E-state index contributed by atoms with van der Waals surface area (Å²) in [6.45, 7) is 1.70. The molecule has 0 aromatic heterocycles. The van der Waals surface area contributed by atoms with Crippen LogP contribution in [0.3, 0.4) is 0 Å². The highest BCUT2D eigenvalue weighted by Gasteiger charge is 2.19. The van der Waals surface area contributed by atoms with E-state index in [4.69, 9.17) is 17.5 Å². The van der Waals surface area contributed by atoms with Crippen LogP contribution in [0.25, 0.3) is 0 Å². The fourth-order valence-electron chi connectivity index (χ4n) is 0.455. The zero-order valence-corrected chi connectivity index (χ0v) is 4.15. The molecule has 2 N–H and O–H groups in total. The van der Waals surface area contributed by atoms with Crippen molar-refractivity contribution in [1.82, 2.24) is 4.42 Å². The Balaban J connectivity index is 2.11. The van der Waals surface area contributed by atoms with E-state index in [0.717, 1.165) is 13.1 Å². The lowest BCUT2D eigenvalue weighted by molar-refractivity contribution is 0.280. The Morgan fingerprint density at radius 1 is 1.67 bits per heavy atom. The second-order valence-electron chi connectivity index (χ2n) is 1.59. The van der Waals surface area contributed by atoms with Gasteiger partial charge in [-0.3, -0.25) is 0 Å². The van der Waals surface area contributed by atoms with Crippen LogP contribution in [0.1, 0.15) is 0 Å². The van der Waals surface area contributed by atoms with Crippen molar-refractivity contribution in [2.75, 3.05) is 13.1 Å². The molecule has 1 heterocycles. The first kappa shape index (κ1) is 4.37. The fraction of sp³-hybridized carbons (Fsp3) is 1.00. The van der Waals surface area contributed by atoms with E-state index in [0.29, 0.717) is 6.04 Å². The summed E-state index contributed by atoms with van der Waals surface area (Å²) < 4.78 is 1.67. The molecular weight excluding hydrogens is 99.5 g/mol. The van der Waals surface area contributed by atoms with Crippen LogP contribution in [0.4, 0.5) is 0 Å². The molecule has 0 atom stereocenters. The SMILES string of the molecule is NC1CN(Cl)C1. The normalized spacial score (nSPS) is 27.0. The third kappa shape index (κ3) is 0.644. The molecule has 1 fully saturated rings. The van der Waals surface area contributed by atoms with Gasteiger partial charge in [0.15, 0.2) is 0 Å². The van der Waals surface area contributed by atoms with Gasteiger partial charge in [-0.05, 0) is 11.8 Å². The van der Waals surface area contributed by atoms with Crippen LogP contribution in [0, 0.1) is 0 Å². The highest BCUT2D eigenvalue weighted by atomic mass is 35.5. The average molecular weight is 107 g/mol. The molecule has 1 aliphatic heterocycles. The summed E-state index contributed by atoms with van der Waals surface area (Å²) in [5.41, 5.74) is 5.34. The summed E-state index contributed by atoms with van der Waals surface area (Å²) in [7, 11) is 0. The standard InChI is InChI=1S/C3H7ClN2/c4-6-1-3(5)2-6/h3H,1-2,5H2. The Hall–Kier alpha value is 0.210. The summed E-state index contributed by atoms with van der Waals surface area (Å²) in [4.78, 5) is 0. The van der Waals surface area contributed by atoms with E-state index >= 15 is 0 Å². The van der Waals surface area contributed by atoms with Crippen molar-refractivity contribution in [3.8, 4) is 0 Å². The van der Waals surface area contributed by atoms with Gasteiger partial charge in [-0.2, -0.15) is 0 Å².